The van der Waals surface area contributed by atoms with Crippen LogP contribution in [0.5, 0.6) is 0 Å². The average molecular weight is 737 g/mol. The SMILES string of the molecule is CCCCCCCCCCCCCCC(=O)CCCCCCCCCCCCCCCC(C)=O.CCCCCCCCCCCCCCC(C)=O.O. The van der Waals surface area contributed by atoms with Crippen LogP contribution in [0.4, 0.5) is 0 Å². The van der Waals surface area contributed by atoms with Crippen molar-refractivity contribution in [1.82, 2.24) is 0 Å². The van der Waals surface area contributed by atoms with Gasteiger partial charge in [-0.1, -0.05) is 226 Å². The van der Waals surface area contributed by atoms with Crippen molar-refractivity contribution in [2.45, 2.75) is 291 Å². The Morgan fingerprint density at radius 1 is 0.250 bits per heavy atom. The summed E-state index contributed by atoms with van der Waals surface area (Å²) in [4.78, 5) is 33.7. The van der Waals surface area contributed by atoms with Crippen LogP contribution in [0, 0.1) is 0 Å². The van der Waals surface area contributed by atoms with Gasteiger partial charge in [-0.25, -0.2) is 0 Å². The van der Waals surface area contributed by atoms with Crippen LogP contribution in [0.3, 0.4) is 0 Å². The molecule has 0 spiro atoms. The van der Waals surface area contributed by atoms with Gasteiger partial charge in [0.05, 0.1) is 0 Å². The molecule has 0 aliphatic rings. The molecular formula is C48H96O4. The predicted molar refractivity (Wildman–Crippen MR) is 231 cm³/mol. The average Bonchev–Trinajstić information content (AvgIpc) is 3.11. The molecule has 0 saturated heterocycles. The van der Waals surface area contributed by atoms with E-state index >= 15 is 0 Å². The molecule has 2 N–H and O–H groups in total. The summed E-state index contributed by atoms with van der Waals surface area (Å²) in [7, 11) is 0. The third-order valence-electron chi connectivity index (χ3n) is 10.7. The number of rotatable bonds is 42. The van der Waals surface area contributed by atoms with E-state index in [1.54, 1.807) is 13.8 Å². The Hall–Kier alpha value is -1.03. The number of hydrogen-bond donors (Lipinski definition) is 0. The van der Waals surface area contributed by atoms with E-state index in [-0.39, 0.29) is 5.48 Å². The maximum Gasteiger partial charge on any atom is 0.132 e. The lowest BCUT2D eigenvalue weighted by molar-refractivity contribution is -0.119. The van der Waals surface area contributed by atoms with Gasteiger partial charge in [0.1, 0.15) is 17.3 Å². The Labute approximate surface area is 327 Å². The lowest BCUT2D eigenvalue weighted by Gasteiger charge is -2.04. The van der Waals surface area contributed by atoms with Crippen molar-refractivity contribution >= 4 is 17.3 Å². The van der Waals surface area contributed by atoms with Crippen LogP contribution in [0.1, 0.15) is 291 Å². The second-order valence-corrected chi connectivity index (χ2v) is 16.3. The third kappa shape index (κ3) is 55.7. The van der Waals surface area contributed by atoms with Crippen LogP contribution < -0.4 is 0 Å². The van der Waals surface area contributed by atoms with E-state index in [1.165, 1.54) is 212 Å². The highest BCUT2D eigenvalue weighted by Crippen LogP contribution is 2.16. The first-order valence-corrected chi connectivity index (χ1v) is 23.4. The minimum Gasteiger partial charge on any atom is -0.412 e. The topological polar surface area (TPSA) is 82.7 Å². The van der Waals surface area contributed by atoms with E-state index < -0.39 is 0 Å². The van der Waals surface area contributed by atoms with Crippen LogP contribution in [0.15, 0.2) is 0 Å². The van der Waals surface area contributed by atoms with E-state index in [2.05, 4.69) is 13.8 Å². The van der Waals surface area contributed by atoms with Crippen molar-refractivity contribution in [2.75, 3.05) is 0 Å². The summed E-state index contributed by atoms with van der Waals surface area (Å²) in [6, 6.07) is 0. The van der Waals surface area contributed by atoms with Gasteiger partial charge in [-0.2, -0.15) is 0 Å². The summed E-state index contributed by atoms with van der Waals surface area (Å²) in [6.45, 7) is 7.94. The molecular weight excluding hydrogens is 641 g/mol. The number of carbonyl (C=O) groups excluding carboxylic acids is 3. The molecule has 0 amide bonds. The van der Waals surface area contributed by atoms with E-state index in [0.29, 0.717) is 17.3 Å². The molecule has 0 aromatic rings. The Balaban J connectivity index is -0.00000112. The van der Waals surface area contributed by atoms with E-state index in [0.717, 1.165) is 51.4 Å². The summed E-state index contributed by atoms with van der Waals surface area (Å²) >= 11 is 0. The molecule has 0 aliphatic carbocycles. The zero-order chi connectivity index (χ0) is 37.7. The third-order valence-corrected chi connectivity index (χ3v) is 10.7. The first-order valence-electron chi connectivity index (χ1n) is 23.4. The minimum absolute atomic E-state index is 0. The molecule has 4 heteroatoms. The molecule has 312 valence electrons. The van der Waals surface area contributed by atoms with Crippen molar-refractivity contribution in [3.63, 3.8) is 0 Å². The number of carbonyl (C=O) groups is 3. The van der Waals surface area contributed by atoms with Gasteiger partial charge < -0.3 is 15.1 Å². The molecule has 0 heterocycles. The Morgan fingerprint density at radius 3 is 0.577 bits per heavy atom. The lowest BCUT2D eigenvalue weighted by atomic mass is 10.0. The van der Waals surface area contributed by atoms with Crippen molar-refractivity contribution in [3.8, 4) is 0 Å². The first-order chi connectivity index (χ1) is 24.9. The molecule has 0 rings (SSSR count). The monoisotopic (exact) mass is 737 g/mol. The zero-order valence-electron chi connectivity index (χ0n) is 36.2. The van der Waals surface area contributed by atoms with Crippen molar-refractivity contribution in [3.05, 3.63) is 0 Å². The van der Waals surface area contributed by atoms with E-state index in [1.807, 2.05) is 0 Å². The molecule has 52 heavy (non-hydrogen) atoms. The smallest absolute Gasteiger partial charge is 0.132 e. The molecule has 0 aliphatic heterocycles. The summed E-state index contributed by atoms with van der Waals surface area (Å²) in [6.07, 6.45) is 52.7. The van der Waals surface area contributed by atoms with Gasteiger partial charge in [-0.15, -0.1) is 0 Å². The quantitative estimate of drug-likeness (QED) is 0.0585. The van der Waals surface area contributed by atoms with Gasteiger partial charge in [0, 0.05) is 25.7 Å². The summed E-state index contributed by atoms with van der Waals surface area (Å²) < 4.78 is 0. The van der Waals surface area contributed by atoms with E-state index in [9.17, 15) is 14.4 Å². The number of Topliss-reactive ketones (excluding diaryl/α,β-unsaturated/α-hetero) is 3. The molecule has 0 aromatic heterocycles. The van der Waals surface area contributed by atoms with Crippen LogP contribution in [-0.4, -0.2) is 22.8 Å². The fourth-order valence-electron chi connectivity index (χ4n) is 7.14. The molecule has 0 bridgehead atoms. The van der Waals surface area contributed by atoms with Gasteiger partial charge >= 0.3 is 0 Å². The predicted octanol–water partition coefficient (Wildman–Crippen LogP) is 15.9. The van der Waals surface area contributed by atoms with Gasteiger partial charge in [0.2, 0.25) is 0 Å². The standard InChI is InChI=1S/C32H62O2.C16H32O.H2O/c1-3-4-5-6-7-8-9-14-17-20-23-26-29-32(34)30-27-24-21-18-15-12-10-11-13-16-19-22-25-28-31(2)33;1-3-4-5-6-7-8-9-10-11-12-13-14-15-16(2)17;/h3-30H2,1-2H3;3-15H2,1-2H3;1H2. The van der Waals surface area contributed by atoms with Gasteiger partial charge in [-0.05, 0) is 39.5 Å². The number of unbranched alkanes of at least 4 members (excludes halogenated alkanes) is 34. The fraction of sp³-hybridized carbons (Fsp3) is 0.938. The summed E-state index contributed by atoms with van der Waals surface area (Å²) in [5.74, 6) is 1.19. The fourth-order valence-corrected chi connectivity index (χ4v) is 7.14. The number of hydrogen-bond acceptors (Lipinski definition) is 3. The maximum atomic E-state index is 12.1. The van der Waals surface area contributed by atoms with Crippen LogP contribution in [0.25, 0.3) is 0 Å². The lowest BCUT2D eigenvalue weighted by Crippen LogP contribution is -1.97. The van der Waals surface area contributed by atoms with Gasteiger partial charge in [-0.3, -0.25) is 4.79 Å². The highest BCUT2D eigenvalue weighted by molar-refractivity contribution is 5.78. The molecule has 0 fully saturated rings. The number of ketones is 3. The summed E-state index contributed by atoms with van der Waals surface area (Å²) in [5.41, 5.74) is 0. The van der Waals surface area contributed by atoms with Crippen LogP contribution in [0.2, 0.25) is 0 Å². The highest BCUT2D eigenvalue weighted by atomic mass is 16.1. The van der Waals surface area contributed by atoms with Gasteiger partial charge in [0.25, 0.3) is 0 Å². The van der Waals surface area contributed by atoms with Crippen molar-refractivity contribution in [1.29, 1.82) is 0 Å². The maximum absolute atomic E-state index is 12.1. The van der Waals surface area contributed by atoms with Gasteiger partial charge in [0.15, 0.2) is 0 Å². The second-order valence-electron chi connectivity index (χ2n) is 16.3. The van der Waals surface area contributed by atoms with Crippen LogP contribution in [-0.2, 0) is 14.4 Å². The Bertz CT molecular complexity index is 702. The van der Waals surface area contributed by atoms with E-state index in [4.69, 9.17) is 0 Å². The molecule has 0 radical (unpaired) electrons. The molecule has 0 unspecified atom stereocenters. The Kier molecular flexibility index (Phi) is 53.1. The summed E-state index contributed by atoms with van der Waals surface area (Å²) in [5, 5.41) is 0. The normalized spacial score (nSPS) is 10.8. The second kappa shape index (κ2) is 50.0. The molecule has 0 aromatic carbocycles. The highest BCUT2D eigenvalue weighted by Gasteiger charge is 2.03. The minimum atomic E-state index is 0. The molecule has 4 nitrogen and oxygen atoms in total. The van der Waals surface area contributed by atoms with Crippen molar-refractivity contribution < 1.29 is 19.9 Å². The largest absolute Gasteiger partial charge is 0.412 e. The zero-order valence-corrected chi connectivity index (χ0v) is 36.2. The Morgan fingerprint density at radius 2 is 0.404 bits per heavy atom. The van der Waals surface area contributed by atoms with Crippen LogP contribution >= 0.6 is 0 Å². The first kappa shape index (κ1) is 55.3. The molecule has 0 saturated carbocycles. The van der Waals surface area contributed by atoms with Crippen molar-refractivity contribution in [2.24, 2.45) is 0 Å². The molecule has 0 atom stereocenters.